The zero-order valence-corrected chi connectivity index (χ0v) is 14.3. The van der Waals surface area contributed by atoms with Crippen LogP contribution < -0.4 is 5.32 Å². The van der Waals surface area contributed by atoms with Gasteiger partial charge < -0.3 is 10.4 Å². The Bertz CT molecular complexity index is 641. The average molecular weight is 362 g/mol. The van der Waals surface area contributed by atoms with Crippen LogP contribution in [0.1, 0.15) is 37.3 Å². The van der Waals surface area contributed by atoms with Gasteiger partial charge in [-0.2, -0.15) is 0 Å². The molecule has 1 amide bonds. The van der Waals surface area contributed by atoms with Gasteiger partial charge in [-0.1, -0.05) is 46.3 Å². The van der Waals surface area contributed by atoms with Crippen LogP contribution in [0.2, 0.25) is 0 Å². The molecule has 1 atom stereocenters. The third-order valence-corrected chi connectivity index (χ3v) is 3.90. The van der Waals surface area contributed by atoms with E-state index in [9.17, 15) is 9.90 Å². The number of hydrogen-bond acceptors (Lipinski definition) is 2. The van der Waals surface area contributed by atoms with E-state index in [2.05, 4.69) is 21.2 Å². The van der Waals surface area contributed by atoms with Crippen LogP contribution in [0.3, 0.4) is 0 Å². The van der Waals surface area contributed by atoms with Crippen molar-refractivity contribution in [3.05, 3.63) is 64.1 Å². The van der Waals surface area contributed by atoms with E-state index in [-0.39, 0.29) is 23.6 Å². The Balaban J connectivity index is 2.37. The second-order valence-corrected chi connectivity index (χ2v) is 6.51. The van der Waals surface area contributed by atoms with E-state index in [0.717, 1.165) is 15.6 Å². The lowest BCUT2D eigenvalue weighted by Crippen LogP contribution is -2.31. The van der Waals surface area contributed by atoms with Crippen LogP contribution in [-0.2, 0) is 4.79 Å². The average Bonchev–Trinajstić information content (AvgIpc) is 2.48. The highest BCUT2D eigenvalue weighted by Crippen LogP contribution is 2.35. The number of hydrogen-bond donors (Lipinski definition) is 2. The van der Waals surface area contributed by atoms with Gasteiger partial charge in [0.2, 0.25) is 5.91 Å². The molecule has 0 aliphatic rings. The number of amides is 1. The van der Waals surface area contributed by atoms with Crippen molar-refractivity contribution < 1.29 is 9.90 Å². The Kier molecular flexibility index (Phi) is 5.61. The van der Waals surface area contributed by atoms with Crippen molar-refractivity contribution in [3.8, 4) is 5.75 Å². The normalized spacial score (nSPS) is 12.2. The van der Waals surface area contributed by atoms with Crippen molar-refractivity contribution in [1.82, 2.24) is 5.32 Å². The second-order valence-electron chi connectivity index (χ2n) is 5.59. The van der Waals surface area contributed by atoms with Gasteiger partial charge in [-0.15, -0.1) is 0 Å². The molecule has 0 heterocycles. The lowest BCUT2D eigenvalue weighted by molar-refractivity contribution is -0.121. The van der Waals surface area contributed by atoms with Gasteiger partial charge in [-0.25, -0.2) is 0 Å². The van der Waals surface area contributed by atoms with E-state index in [0.29, 0.717) is 6.42 Å². The van der Waals surface area contributed by atoms with Gasteiger partial charge in [-0.3, -0.25) is 4.79 Å². The molecule has 0 aliphatic heterocycles. The summed E-state index contributed by atoms with van der Waals surface area (Å²) in [7, 11) is 0. The Morgan fingerprint density at radius 2 is 1.86 bits per heavy atom. The Hall–Kier alpha value is -1.81. The van der Waals surface area contributed by atoms with Gasteiger partial charge in [0.25, 0.3) is 0 Å². The highest BCUT2D eigenvalue weighted by molar-refractivity contribution is 9.10. The Morgan fingerprint density at radius 1 is 1.18 bits per heavy atom. The van der Waals surface area contributed by atoms with Crippen LogP contribution in [0.5, 0.6) is 5.75 Å². The van der Waals surface area contributed by atoms with Crippen molar-refractivity contribution in [1.29, 1.82) is 0 Å². The SMILES string of the molecule is CC(C)NC(=O)C[C@H](c1ccccc1)c1cc(Br)ccc1O. The molecule has 0 aliphatic carbocycles. The van der Waals surface area contributed by atoms with Crippen LogP contribution in [0.25, 0.3) is 0 Å². The molecule has 4 heteroatoms. The summed E-state index contributed by atoms with van der Waals surface area (Å²) < 4.78 is 0.880. The lowest BCUT2D eigenvalue weighted by atomic mass is 9.87. The fraction of sp³-hybridized carbons (Fsp3) is 0.278. The van der Waals surface area contributed by atoms with Crippen molar-refractivity contribution in [2.24, 2.45) is 0 Å². The van der Waals surface area contributed by atoms with Gasteiger partial charge in [0, 0.05) is 28.4 Å². The first-order valence-electron chi connectivity index (χ1n) is 7.30. The quantitative estimate of drug-likeness (QED) is 0.838. The monoisotopic (exact) mass is 361 g/mol. The predicted molar refractivity (Wildman–Crippen MR) is 92.0 cm³/mol. The van der Waals surface area contributed by atoms with Crippen LogP contribution in [-0.4, -0.2) is 17.1 Å². The Morgan fingerprint density at radius 3 is 2.50 bits per heavy atom. The molecule has 2 aromatic carbocycles. The summed E-state index contributed by atoms with van der Waals surface area (Å²) in [4.78, 5) is 12.2. The zero-order valence-electron chi connectivity index (χ0n) is 12.7. The number of phenolic OH excluding ortho intramolecular Hbond substituents is 1. The van der Waals surface area contributed by atoms with Crippen LogP contribution in [0.15, 0.2) is 53.0 Å². The molecule has 3 nitrogen and oxygen atoms in total. The molecule has 0 aromatic heterocycles. The Labute approximate surface area is 139 Å². The van der Waals surface area contributed by atoms with E-state index in [4.69, 9.17) is 0 Å². The van der Waals surface area contributed by atoms with Gasteiger partial charge in [-0.05, 0) is 37.6 Å². The molecular formula is C18H20BrNO2. The van der Waals surface area contributed by atoms with E-state index >= 15 is 0 Å². The summed E-state index contributed by atoms with van der Waals surface area (Å²) in [5.41, 5.74) is 1.76. The molecule has 0 spiro atoms. The van der Waals surface area contributed by atoms with Crippen molar-refractivity contribution in [2.45, 2.75) is 32.2 Å². The number of rotatable bonds is 5. The maximum Gasteiger partial charge on any atom is 0.221 e. The molecule has 0 unspecified atom stereocenters. The topological polar surface area (TPSA) is 49.3 Å². The smallest absolute Gasteiger partial charge is 0.221 e. The number of phenols is 1. The molecule has 22 heavy (non-hydrogen) atoms. The minimum atomic E-state index is -0.183. The molecule has 0 fully saturated rings. The summed E-state index contributed by atoms with van der Waals surface area (Å²) in [5, 5.41) is 13.1. The van der Waals surface area contributed by atoms with Gasteiger partial charge in [0.05, 0.1) is 0 Å². The number of nitrogens with one attached hydrogen (secondary N) is 1. The highest BCUT2D eigenvalue weighted by Gasteiger charge is 2.21. The summed E-state index contributed by atoms with van der Waals surface area (Å²) in [6, 6.07) is 15.2. The van der Waals surface area contributed by atoms with Gasteiger partial charge in [0.15, 0.2) is 0 Å². The third kappa shape index (κ3) is 4.34. The van der Waals surface area contributed by atoms with E-state index in [1.54, 1.807) is 12.1 Å². The fourth-order valence-electron chi connectivity index (χ4n) is 2.46. The molecule has 0 saturated carbocycles. The first-order chi connectivity index (χ1) is 10.5. The molecule has 2 aromatic rings. The standard InChI is InChI=1S/C18H20BrNO2/c1-12(2)20-18(22)11-15(13-6-4-3-5-7-13)16-10-14(19)8-9-17(16)21/h3-10,12,15,21H,11H2,1-2H3,(H,20,22)/t15-/m1/s1. The number of aromatic hydroxyl groups is 1. The molecule has 0 saturated heterocycles. The molecule has 0 bridgehead atoms. The van der Waals surface area contributed by atoms with E-state index in [1.165, 1.54) is 0 Å². The van der Waals surface area contributed by atoms with Crippen molar-refractivity contribution >= 4 is 21.8 Å². The molecule has 116 valence electrons. The number of benzene rings is 2. The number of halogens is 1. The second kappa shape index (κ2) is 7.45. The number of carbonyl (C=O) groups is 1. The summed E-state index contributed by atoms with van der Waals surface area (Å²) >= 11 is 3.43. The van der Waals surface area contributed by atoms with Crippen LogP contribution in [0.4, 0.5) is 0 Å². The van der Waals surface area contributed by atoms with Crippen molar-refractivity contribution in [3.63, 3.8) is 0 Å². The van der Waals surface area contributed by atoms with Gasteiger partial charge in [0.1, 0.15) is 5.75 Å². The van der Waals surface area contributed by atoms with E-state index in [1.807, 2.05) is 50.2 Å². The minimum absolute atomic E-state index is 0.0248. The summed E-state index contributed by atoms with van der Waals surface area (Å²) in [6.07, 6.45) is 0.298. The summed E-state index contributed by atoms with van der Waals surface area (Å²) in [5.74, 6) is -0.00456. The van der Waals surface area contributed by atoms with Crippen LogP contribution >= 0.6 is 15.9 Å². The highest BCUT2D eigenvalue weighted by atomic mass is 79.9. The maximum atomic E-state index is 12.2. The summed E-state index contributed by atoms with van der Waals surface area (Å²) in [6.45, 7) is 3.87. The first kappa shape index (κ1) is 16.6. The zero-order chi connectivity index (χ0) is 16.1. The van der Waals surface area contributed by atoms with E-state index < -0.39 is 0 Å². The van der Waals surface area contributed by atoms with Crippen molar-refractivity contribution in [2.75, 3.05) is 0 Å². The maximum absolute atomic E-state index is 12.2. The molecule has 2 N–H and O–H groups in total. The lowest BCUT2D eigenvalue weighted by Gasteiger charge is -2.20. The first-order valence-corrected chi connectivity index (χ1v) is 8.09. The number of carbonyl (C=O) groups excluding carboxylic acids is 1. The third-order valence-electron chi connectivity index (χ3n) is 3.41. The van der Waals surface area contributed by atoms with Crippen LogP contribution in [0, 0.1) is 0 Å². The predicted octanol–water partition coefficient (Wildman–Crippen LogP) is 4.20. The molecule has 0 radical (unpaired) electrons. The largest absolute Gasteiger partial charge is 0.508 e. The minimum Gasteiger partial charge on any atom is -0.508 e. The van der Waals surface area contributed by atoms with Gasteiger partial charge >= 0.3 is 0 Å². The fourth-order valence-corrected chi connectivity index (χ4v) is 2.84. The molecule has 2 rings (SSSR count). The molecular weight excluding hydrogens is 342 g/mol.